The van der Waals surface area contributed by atoms with E-state index in [9.17, 15) is 35.7 Å². The number of phenols is 1. The Labute approximate surface area is 179 Å². The molecular weight excluding hydrogens is 416 g/mol. The van der Waals surface area contributed by atoms with E-state index >= 15 is 0 Å². The molecule has 0 radical (unpaired) electrons. The molecule has 0 saturated carbocycles. The second-order valence-electron chi connectivity index (χ2n) is 7.78. The first-order valence-corrected chi connectivity index (χ1v) is 10.1. The van der Waals surface area contributed by atoms with Crippen molar-refractivity contribution >= 4 is 0 Å². The molecule has 2 heterocycles. The van der Waals surface area contributed by atoms with E-state index in [0.717, 1.165) is 5.56 Å². The molecule has 1 aromatic carbocycles. The molecule has 0 amide bonds. The minimum absolute atomic E-state index is 0.145. The standard InChI is InChI=1S/C20H30O11/c1-9-13(23)18(31-20-16(26)15(25)14(24)12(8-21)30-20)17(27)19(29-9)28-7-6-10-2-4-11(22)5-3-10/h2-5,9,12-27H,6-8H2,1H3. The maximum atomic E-state index is 10.6. The Bertz CT molecular complexity index is 684. The van der Waals surface area contributed by atoms with Crippen molar-refractivity contribution in [2.24, 2.45) is 0 Å². The molecule has 2 aliphatic heterocycles. The van der Waals surface area contributed by atoms with Gasteiger partial charge in [-0.15, -0.1) is 0 Å². The van der Waals surface area contributed by atoms with E-state index in [-0.39, 0.29) is 12.4 Å². The number of ether oxygens (including phenoxy) is 4. The lowest BCUT2D eigenvalue weighted by Gasteiger charge is -2.45. The number of phenolic OH excluding ortho intramolecular Hbond substituents is 1. The molecule has 2 aliphatic rings. The Morgan fingerprint density at radius 2 is 1.52 bits per heavy atom. The summed E-state index contributed by atoms with van der Waals surface area (Å²) in [5.74, 6) is 0.145. The van der Waals surface area contributed by atoms with Gasteiger partial charge in [0.25, 0.3) is 0 Å². The fourth-order valence-electron chi connectivity index (χ4n) is 3.59. The number of hydrogen-bond donors (Lipinski definition) is 7. The summed E-state index contributed by atoms with van der Waals surface area (Å²) in [6.07, 6.45) is -13.1. The van der Waals surface area contributed by atoms with E-state index < -0.39 is 68.0 Å². The summed E-state index contributed by atoms with van der Waals surface area (Å²) in [5, 5.41) is 69.6. The molecular formula is C20H30O11. The maximum absolute atomic E-state index is 10.6. The third-order valence-corrected chi connectivity index (χ3v) is 5.53. The van der Waals surface area contributed by atoms with Gasteiger partial charge < -0.3 is 54.7 Å². The zero-order chi connectivity index (χ0) is 22.7. The molecule has 2 saturated heterocycles. The summed E-state index contributed by atoms with van der Waals surface area (Å²) in [6.45, 7) is 1.09. The van der Waals surface area contributed by atoms with Crippen molar-refractivity contribution in [2.45, 2.75) is 74.8 Å². The van der Waals surface area contributed by atoms with Gasteiger partial charge in [-0.2, -0.15) is 0 Å². The number of aliphatic hydroxyl groups is 6. The topological polar surface area (TPSA) is 179 Å². The summed E-state index contributed by atoms with van der Waals surface area (Å²) >= 11 is 0. The molecule has 1 aromatic rings. The predicted molar refractivity (Wildman–Crippen MR) is 103 cm³/mol. The van der Waals surface area contributed by atoms with Crippen molar-refractivity contribution in [1.29, 1.82) is 0 Å². The first-order valence-electron chi connectivity index (χ1n) is 10.1. The van der Waals surface area contributed by atoms with Gasteiger partial charge in [0.05, 0.1) is 19.3 Å². The van der Waals surface area contributed by atoms with Gasteiger partial charge in [-0.25, -0.2) is 0 Å². The van der Waals surface area contributed by atoms with Gasteiger partial charge in [-0.05, 0) is 31.0 Å². The Kier molecular flexibility index (Phi) is 8.21. The van der Waals surface area contributed by atoms with Crippen LogP contribution in [0, 0.1) is 0 Å². The van der Waals surface area contributed by atoms with Crippen molar-refractivity contribution in [3.05, 3.63) is 29.8 Å². The third-order valence-electron chi connectivity index (χ3n) is 5.53. The summed E-state index contributed by atoms with van der Waals surface area (Å²) < 4.78 is 22.0. The zero-order valence-corrected chi connectivity index (χ0v) is 17.0. The smallest absolute Gasteiger partial charge is 0.187 e. The Balaban J connectivity index is 1.62. The van der Waals surface area contributed by atoms with Gasteiger partial charge in [0.15, 0.2) is 12.6 Å². The van der Waals surface area contributed by atoms with Crippen LogP contribution in [-0.4, -0.2) is 110 Å². The molecule has 7 N–H and O–H groups in total. The number of aromatic hydroxyl groups is 1. The first kappa shape index (κ1) is 24.3. The highest BCUT2D eigenvalue weighted by molar-refractivity contribution is 5.25. The van der Waals surface area contributed by atoms with Crippen LogP contribution >= 0.6 is 0 Å². The van der Waals surface area contributed by atoms with Crippen LogP contribution in [0.25, 0.3) is 0 Å². The van der Waals surface area contributed by atoms with Crippen LogP contribution < -0.4 is 0 Å². The zero-order valence-electron chi connectivity index (χ0n) is 17.0. The molecule has 0 aromatic heterocycles. The second kappa shape index (κ2) is 10.5. The van der Waals surface area contributed by atoms with E-state index in [1.54, 1.807) is 31.2 Å². The molecule has 10 atom stereocenters. The number of benzene rings is 1. The van der Waals surface area contributed by atoms with Gasteiger partial charge in [0.1, 0.15) is 48.5 Å². The first-order chi connectivity index (χ1) is 14.7. The molecule has 0 aliphatic carbocycles. The Hall–Kier alpha value is -1.38. The van der Waals surface area contributed by atoms with Gasteiger partial charge in [0, 0.05) is 0 Å². The minimum Gasteiger partial charge on any atom is -0.508 e. The molecule has 10 unspecified atom stereocenters. The molecule has 11 nitrogen and oxygen atoms in total. The molecule has 2 fully saturated rings. The number of hydrogen-bond acceptors (Lipinski definition) is 11. The number of aliphatic hydroxyl groups excluding tert-OH is 6. The average Bonchev–Trinajstić information content (AvgIpc) is 2.76. The van der Waals surface area contributed by atoms with E-state index in [1.165, 1.54) is 0 Å². The van der Waals surface area contributed by atoms with Gasteiger partial charge in [0.2, 0.25) is 0 Å². The lowest BCUT2D eigenvalue weighted by Crippen LogP contribution is -2.64. The van der Waals surface area contributed by atoms with Crippen LogP contribution in [0.1, 0.15) is 12.5 Å². The highest BCUT2D eigenvalue weighted by Crippen LogP contribution is 2.29. The van der Waals surface area contributed by atoms with Crippen molar-refractivity contribution < 1.29 is 54.7 Å². The quantitative estimate of drug-likeness (QED) is 0.237. The molecule has 11 heteroatoms. The molecule has 0 spiro atoms. The van der Waals surface area contributed by atoms with E-state index in [4.69, 9.17) is 18.9 Å². The monoisotopic (exact) mass is 446 g/mol. The summed E-state index contributed by atoms with van der Waals surface area (Å²) in [5.41, 5.74) is 0.894. The normalized spacial score (nSPS) is 41.3. The van der Waals surface area contributed by atoms with Crippen molar-refractivity contribution in [2.75, 3.05) is 13.2 Å². The van der Waals surface area contributed by atoms with Crippen LogP contribution in [-0.2, 0) is 25.4 Å². The fraction of sp³-hybridized carbons (Fsp3) is 0.700. The minimum atomic E-state index is -1.68. The highest BCUT2D eigenvalue weighted by atomic mass is 16.7. The van der Waals surface area contributed by atoms with Crippen molar-refractivity contribution in [1.82, 2.24) is 0 Å². The highest BCUT2D eigenvalue weighted by Gasteiger charge is 2.50. The number of rotatable bonds is 7. The summed E-state index contributed by atoms with van der Waals surface area (Å²) in [6, 6.07) is 6.55. The van der Waals surface area contributed by atoms with Crippen LogP contribution in [0.4, 0.5) is 0 Å². The maximum Gasteiger partial charge on any atom is 0.187 e. The Morgan fingerprint density at radius 1 is 0.839 bits per heavy atom. The molecule has 31 heavy (non-hydrogen) atoms. The molecule has 0 bridgehead atoms. The van der Waals surface area contributed by atoms with Crippen LogP contribution in [0.5, 0.6) is 5.75 Å². The molecule has 176 valence electrons. The van der Waals surface area contributed by atoms with Crippen LogP contribution in [0.2, 0.25) is 0 Å². The van der Waals surface area contributed by atoms with E-state index in [2.05, 4.69) is 0 Å². The fourth-order valence-corrected chi connectivity index (χ4v) is 3.59. The largest absolute Gasteiger partial charge is 0.508 e. The van der Waals surface area contributed by atoms with Gasteiger partial charge in [-0.1, -0.05) is 12.1 Å². The third kappa shape index (κ3) is 5.52. The van der Waals surface area contributed by atoms with Crippen molar-refractivity contribution in [3.8, 4) is 5.75 Å². The Morgan fingerprint density at radius 3 is 2.16 bits per heavy atom. The van der Waals surface area contributed by atoms with Gasteiger partial charge >= 0.3 is 0 Å². The predicted octanol–water partition coefficient (Wildman–Crippen LogP) is -2.40. The average molecular weight is 446 g/mol. The summed E-state index contributed by atoms with van der Waals surface area (Å²) in [7, 11) is 0. The molecule has 3 rings (SSSR count). The lowest BCUT2D eigenvalue weighted by molar-refractivity contribution is -0.357. The second-order valence-corrected chi connectivity index (χ2v) is 7.78. The van der Waals surface area contributed by atoms with Crippen LogP contribution in [0.3, 0.4) is 0 Å². The summed E-state index contributed by atoms with van der Waals surface area (Å²) in [4.78, 5) is 0. The van der Waals surface area contributed by atoms with E-state index in [1.807, 2.05) is 0 Å². The van der Waals surface area contributed by atoms with Crippen molar-refractivity contribution in [3.63, 3.8) is 0 Å². The van der Waals surface area contributed by atoms with Gasteiger partial charge in [-0.3, -0.25) is 0 Å². The lowest BCUT2D eigenvalue weighted by atomic mass is 9.97. The van der Waals surface area contributed by atoms with E-state index in [0.29, 0.717) is 6.42 Å². The SMILES string of the molecule is CC1OC(OCCc2ccc(O)cc2)C(O)C(OC2OC(CO)C(O)C(O)C2O)C1O. The van der Waals surface area contributed by atoms with Crippen LogP contribution in [0.15, 0.2) is 24.3 Å².